The third-order valence-electron chi connectivity index (χ3n) is 5.35. The molecule has 1 fully saturated rings. The first-order valence-electron chi connectivity index (χ1n) is 10.5. The highest BCUT2D eigenvalue weighted by atomic mass is 32.2. The maximum absolute atomic E-state index is 12.8. The van der Waals surface area contributed by atoms with Crippen LogP contribution in [0.3, 0.4) is 0 Å². The van der Waals surface area contributed by atoms with Crippen LogP contribution in [-0.4, -0.2) is 58.3 Å². The first kappa shape index (κ1) is 21.0. The van der Waals surface area contributed by atoms with E-state index in [1.165, 1.54) is 0 Å². The normalized spacial score (nSPS) is 17.4. The SMILES string of the molecule is CCCS(=O)(=O)c1ncc(CN(C)Cc2nc3ccccc3[nH]2)n1C[C@@H]1CCCO1. The van der Waals surface area contributed by atoms with Crippen LogP contribution in [0.4, 0.5) is 0 Å². The lowest BCUT2D eigenvalue weighted by atomic mass is 10.2. The Morgan fingerprint density at radius 1 is 1.30 bits per heavy atom. The fraction of sp³-hybridized carbons (Fsp3) is 0.524. The molecule has 30 heavy (non-hydrogen) atoms. The van der Waals surface area contributed by atoms with E-state index in [1.807, 2.05) is 42.8 Å². The van der Waals surface area contributed by atoms with E-state index in [0.29, 0.717) is 26.1 Å². The highest BCUT2D eigenvalue weighted by molar-refractivity contribution is 7.91. The van der Waals surface area contributed by atoms with Gasteiger partial charge < -0.3 is 14.3 Å². The highest BCUT2D eigenvalue weighted by Crippen LogP contribution is 2.21. The smallest absolute Gasteiger partial charge is 0.227 e. The number of ether oxygens (including phenoxy) is 1. The number of nitrogens with zero attached hydrogens (tertiary/aromatic N) is 4. The molecule has 0 amide bonds. The Kier molecular flexibility index (Phi) is 6.21. The van der Waals surface area contributed by atoms with Gasteiger partial charge in [-0.15, -0.1) is 0 Å². The Balaban J connectivity index is 1.55. The maximum atomic E-state index is 12.8. The summed E-state index contributed by atoms with van der Waals surface area (Å²) in [5.74, 6) is 0.979. The van der Waals surface area contributed by atoms with E-state index < -0.39 is 9.84 Å². The number of hydrogen-bond acceptors (Lipinski definition) is 6. The van der Waals surface area contributed by atoms with Gasteiger partial charge in [0.15, 0.2) is 0 Å². The number of hydrogen-bond donors (Lipinski definition) is 1. The first-order valence-corrected chi connectivity index (χ1v) is 12.1. The van der Waals surface area contributed by atoms with E-state index in [4.69, 9.17) is 4.74 Å². The van der Waals surface area contributed by atoms with E-state index in [-0.39, 0.29) is 17.0 Å². The van der Waals surface area contributed by atoms with E-state index in [1.54, 1.807) is 6.20 Å². The monoisotopic (exact) mass is 431 g/mol. The van der Waals surface area contributed by atoms with Crippen LogP contribution in [0.25, 0.3) is 11.0 Å². The quantitative estimate of drug-likeness (QED) is 0.560. The molecule has 0 aliphatic carbocycles. The molecule has 0 spiro atoms. The summed E-state index contributed by atoms with van der Waals surface area (Å²) in [6.07, 6.45) is 4.25. The number of para-hydroxylation sites is 2. The minimum absolute atomic E-state index is 0.0363. The van der Waals surface area contributed by atoms with Gasteiger partial charge in [-0.2, -0.15) is 0 Å². The molecule has 8 nitrogen and oxygen atoms in total. The number of rotatable bonds is 9. The van der Waals surface area contributed by atoms with Crippen molar-refractivity contribution in [3.63, 3.8) is 0 Å². The van der Waals surface area contributed by atoms with E-state index in [9.17, 15) is 8.42 Å². The van der Waals surface area contributed by atoms with Gasteiger partial charge in [0.2, 0.25) is 15.0 Å². The minimum Gasteiger partial charge on any atom is -0.376 e. The van der Waals surface area contributed by atoms with Gasteiger partial charge in [0.1, 0.15) is 5.82 Å². The van der Waals surface area contributed by atoms with Crippen molar-refractivity contribution in [3.05, 3.63) is 42.0 Å². The Morgan fingerprint density at radius 2 is 2.13 bits per heavy atom. The van der Waals surface area contributed by atoms with Crippen molar-refractivity contribution in [1.29, 1.82) is 0 Å². The van der Waals surface area contributed by atoms with Crippen LogP contribution in [0, 0.1) is 0 Å². The standard InChI is InChI=1S/C21H29N5O3S/c1-3-11-30(27,28)21-22-12-16(26(21)14-17-7-6-10-29-17)13-25(2)15-20-23-18-8-4-5-9-19(18)24-20/h4-5,8-9,12,17H,3,6-7,10-11,13-15H2,1-2H3,(H,23,24)/t17-/m0/s1. The second-order valence-corrected chi connectivity index (χ2v) is 9.97. The molecule has 1 aliphatic heterocycles. The third kappa shape index (κ3) is 4.58. The lowest BCUT2D eigenvalue weighted by molar-refractivity contribution is 0.0934. The van der Waals surface area contributed by atoms with Crippen molar-refractivity contribution >= 4 is 20.9 Å². The summed E-state index contributed by atoms with van der Waals surface area (Å²) in [6.45, 7) is 4.31. The Morgan fingerprint density at radius 3 is 2.87 bits per heavy atom. The molecule has 0 saturated carbocycles. The van der Waals surface area contributed by atoms with Crippen LogP contribution in [0.5, 0.6) is 0 Å². The lowest BCUT2D eigenvalue weighted by Crippen LogP contribution is -2.25. The van der Waals surface area contributed by atoms with Crippen LogP contribution in [-0.2, 0) is 34.2 Å². The van der Waals surface area contributed by atoms with Crippen molar-refractivity contribution in [1.82, 2.24) is 24.4 Å². The van der Waals surface area contributed by atoms with Crippen LogP contribution >= 0.6 is 0 Å². The lowest BCUT2D eigenvalue weighted by Gasteiger charge is -2.19. The summed E-state index contributed by atoms with van der Waals surface area (Å²) in [5.41, 5.74) is 2.83. The van der Waals surface area contributed by atoms with Crippen LogP contribution in [0.1, 0.15) is 37.7 Å². The zero-order chi connectivity index (χ0) is 21.1. The summed E-state index contributed by atoms with van der Waals surface area (Å²) in [5, 5.41) is 0.159. The molecule has 1 aliphatic rings. The maximum Gasteiger partial charge on any atom is 0.227 e. The van der Waals surface area contributed by atoms with Crippen molar-refractivity contribution in [2.75, 3.05) is 19.4 Å². The largest absolute Gasteiger partial charge is 0.376 e. The zero-order valence-corrected chi connectivity index (χ0v) is 18.4. The van der Waals surface area contributed by atoms with Crippen LogP contribution in [0.2, 0.25) is 0 Å². The molecule has 3 heterocycles. The van der Waals surface area contributed by atoms with Gasteiger partial charge in [-0.25, -0.2) is 18.4 Å². The Bertz CT molecular complexity index is 1070. The summed E-state index contributed by atoms with van der Waals surface area (Å²) in [6, 6.07) is 7.94. The number of nitrogens with one attached hydrogen (secondary N) is 1. The number of H-pyrrole nitrogens is 1. The fourth-order valence-corrected chi connectivity index (χ4v) is 5.44. The van der Waals surface area contributed by atoms with Gasteiger partial charge in [0.05, 0.1) is 47.9 Å². The van der Waals surface area contributed by atoms with Crippen molar-refractivity contribution in [2.45, 2.75) is 57.1 Å². The predicted octanol–water partition coefficient (Wildman–Crippen LogP) is 2.75. The van der Waals surface area contributed by atoms with Crippen molar-refractivity contribution in [2.24, 2.45) is 0 Å². The number of aromatic nitrogens is 4. The van der Waals surface area contributed by atoms with Gasteiger partial charge >= 0.3 is 0 Å². The Labute approximate surface area is 177 Å². The molecule has 1 aromatic carbocycles. The average Bonchev–Trinajstić information content (AvgIpc) is 3.42. The molecule has 162 valence electrons. The number of benzene rings is 1. The van der Waals surface area contributed by atoms with Gasteiger partial charge in [-0.1, -0.05) is 19.1 Å². The molecule has 2 aromatic heterocycles. The third-order valence-corrected chi connectivity index (χ3v) is 7.18. The van der Waals surface area contributed by atoms with Crippen molar-refractivity contribution < 1.29 is 13.2 Å². The number of aromatic amines is 1. The molecule has 4 rings (SSSR count). The molecule has 1 N–H and O–H groups in total. The topological polar surface area (TPSA) is 93.1 Å². The molecule has 3 aromatic rings. The van der Waals surface area contributed by atoms with Gasteiger partial charge in [-0.05, 0) is 38.4 Å². The average molecular weight is 432 g/mol. The molecule has 1 saturated heterocycles. The van der Waals surface area contributed by atoms with E-state index in [2.05, 4.69) is 19.9 Å². The molecular formula is C21H29N5O3S. The fourth-order valence-electron chi connectivity index (χ4n) is 3.98. The van der Waals surface area contributed by atoms with Crippen molar-refractivity contribution in [3.8, 4) is 0 Å². The molecule has 1 atom stereocenters. The van der Waals surface area contributed by atoms with Crippen LogP contribution < -0.4 is 0 Å². The molecule has 0 bridgehead atoms. The summed E-state index contributed by atoms with van der Waals surface area (Å²) < 4.78 is 33.1. The number of fused-ring (bicyclic) bond motifs is 1. The molecule has 0 radical (unpaired) electrons. The number of sulfone groups is 1. The summed E-state index contributed by atoms with van der Waals surface area (Å²) >= 11 is 0. The predicted molar refractivity (Wildman–Crippen MR) is 115 cm³/mol. The first-order chi connectivity index (χ1) is 14.5. The Hall–Kier alpha value is -2.23. The van der Waals surface area contributed by atoms with Gasteiger partial charge in [-0.3, -0.25) is 4.90 Å². The van der Waals surface area contributed by atoms with E-state index in [0.717, 1.165) is 42.0 Å². The highest BCUT2D eigenvalue weighted by Gasteiger charge is 2.26. The van der Waals surface area contributed by atoms with Gasteiger partial charge in [0, 0.05) is 13.2 Å². The molecular weight excluding hydrogens is 402 g/mol. The zero-order valence-electron chi connectivity index (χ0n) is 17.5. The minimum atomic E-state index is -3.41. The van der Waals surface area contributed by atoms with E-state index >= 15 is 0 Å². The molecule has 9 heteroatoms. The molecule has 0 unspecified atom stereocenters. The summed E-state index contributed by atoms with van der Waals surface area (Å²) in [7, 11) is -1.42. The second kappa shape index (κ2) is 8.87. The summed E-state index contributed by atoms with van der Waals surface area (Å²) in [4.78, 5) is 14.4. The van der Waals surface area contributed by atoms with Gasteiger partial charge in [0.25, 0.3) is 0 Å². The number of imidazole rings is 2. The van der Waals surface area contributed by atoms with Crippen LogP contribution in [0.15, 0.2) is 35.6 Å². The second-order valence-electron chi connectivity index (χ2n) is 7.97.